The standard InChI is InChI=1S/C28H28FN5O2/c1-18(2)20-7-9-22(10-8-20)34-28(21-15-23(17-30-16-21)33-12-4-5-27(33)35)31-26(32-34)14-19-6-11-25(36-3)24(29)13-19/h6-11,13,15-18H,4-5,12,14H2,1-3H3. The fourth-order valence-corrected chi connectivity index (χ4v) is 4.42. The first-order valence-corrected chi connectivity index (χ1v) is 12.1. The molecule has 7 nitrogen and oxygen atoms in total. The van der Waals surface area contributed by atoms with Gasteiger partial charge in [-0.15, -0.1) is 0 Å². The van der Waals surface area contributed by atoms with E-state index in [1.807, 2.05) is 18.2 Å². The number of anilines is 1. The maximum absolute atomic E-state index is 14.3. The van der Waals surface area contributed by atoms with Gasteiger partial charge in [-0.05, 0) is 53.8 Å². The predicted octanol–water partition coefficient (Wildman–Crippen LogP) is 5.32. The van der Waals surface area contributed by atoms with Gasteiger partial charge in [0.1, 0.15) is 0 Å². The Morgan fingerprint density at radius 2 is 1.86 bits per heavy atom. The molecule has 36 heavy (non-hydrogen) atoms. The normalized spacial score (nSPS) is 13.6. The predicted molar refractivity (Wildman–Crippen MR) is 136 cm³/mol. The molecule has 2 aromatic carbocycles. The van der Waals surface area contributed by atoms with Crippen LogP contribution in [0.2, 0.25) is 0 Å². The number of methoxy groups -OCH3 is 1. The molecule has 0 unspecified atom stereocenters. The molecule has 0 spiro atoms. The number of benzene rings is 2. The highest BCUT2D eigenvalue weighted by molar-refractivity contribution is 5.95. The lowest BCUT2D eigenvalue weighted by molar-refractivity contribution is -0.117. The lowest BCUT2D eigenvalue weighted by Gasteiger charge is -2.16. The minimum absolute atomic E-state index is 0.0990. The quantitative estimate of drug-likeness (QED) is 0.354. The summed E-state index contributed by atoms with van der Waals surface area (Å²) in [6.07, 6.45) is 5.16. The van der Waals surface area contributed by atoms with Crippen LogP contribution >= 0.6 is 0 Å². The number of ether oxygens (including phenoxy) is 1. The molecule has 8 heteroatoms. The molecule has 5 rings (SSSR count). The molecule has 1 aliphatic rings. The largest absolute Gasteiger partial charge is 0.494 e. The lowest BCUT2D eigenvalue weighted by atomic mass is 10.0. The Bertz CT molecular complexity index is 1400. The fraction of sp³-hybridized carbons (Fsp3) is 0.286. The van der Waals surface area contributed by atoms with Gasteiger partial charge < -0.3 is 9.64 Å². The highest BCUT2D eigenvalue weighted by Crippen LogP contribution is 2.28. The number of pyridine rings is 1. The second-order valence-corrected chi connectivity index (χ2v) is 9.24. The van der Waals surface area contributed by atoms with Crippen molar-refractivity contribution in [2.75, 3.05) is 18.6 Å². The second kappa shape index (κ2) is 9.89. The van der Waals surface area contributed by atoms with E-state index in [1.165, 1.54) is 18.7 Å². The summed E-state index contributed by atoms with van der Waals surface area (Å²) in [5, 5.41) is 4.78. The van der Waals surface area contributed by atoms with E-state index in [9.17, 15) is 9.18 Å². The Morgan fingerprint density at radius 1 is 1.06 bits per heavy atom. The van der Waals surface area contributed by atoms with Gasteiger partial charge in [0.05, 0.1) is 24.7 Å². The van der Waals surface area contributed by atoms with Crippen LogP contribution in [0.1, 0.15) is 49.6 Å². The number of carbonyl (C=O) groups excluding carboxylic acids is 1. The molecule has 0 N–H and O–H groups in total. The van der Waals surface area contributed by atoms with Gasteiger partial charge in [0.15, 0.2) is 23.2 Å². The molecule has 0 saturated carbocycles. The number of rotatable bonds is 7. The van der Waals surface area contributed by atoms with Crippen LogP contribution in [0.15, 0.2) is 60.9 Å². The molecule has 1 amide bonds. The molecule has 1 saturated heterocycles. The van der Waals surface area contributed by atoms with Crippen molar-refractivity contribution in [1.29, 1.82) is 0 Å². The first-order valence-electron chi connectivity index (χ1n) is 12.1. The van der Waals surface area contributed by atoms with Crippen LogP contribution in [0.25, 0.3) is 17.1 Å². The third-order valence-corrected chi connectivity index (χ3v) is 6.40. The van der Waals surface area contributed by atoms with Gasteiger partial charge in [-0.3, -0.25) is 9.78 Å². The number of halogens is 1. The van der Waals surface area contributed by atoms with E-state index in [0.29, 0.717) is 37.0 Å². The summed E-state index contributed by atoms with van der Waals surface area (Å²) < 4.78 is 21.1. The van der Waals surface area contributed by atoms with Crippen LogP contribution in [0, 0.1) is 5.82 Å². The van der Waals surface area contributed by atoms with Crippen molar-refractivity contribution < 1.29 is 13.9 Å². The summed E-state index contributed by atoms with van der Waals surface area (Å²) in [6.45, 7) is 4.99. The zero-order valence-corrected chi connectivity index (χ0v) is 20.6. The van der Waals surface area contributed by atoms with Crippen LogP contribution in [0.3, 0.4) is 0 Å². The zero-order chi connectivity index (χ0) is 25.2. The molecule has 1 aliphatic heterocycles. The molecular formula is C28H28FN5O2. The number of carbonyl (C=O) groups is 1. The van der Waals surface area contributed by atoms with Crippen LogP contribution in [-0.2, 0) is 11.2 Å². The average Bonchev–Trinajstić information content (AvgIpc) is 3.50. The monoisotopic (exact) mass is 485 g/mol. The van der Waals surface area contributed by atoms with Crippen LogP contribution in [0.4, 0.5) is 10.1 Å². The molecular weight excluding hydrogens is 457 g/mol. The van der Waals surface area contributed by atoms with E-state index in [4.69, 9.17) is 14.8 Å². The van der Waals surface area contributed by atoms with Crippen LogP contribution < -0.4 is 9.64 Å². The van der Waals surface area contributed by atoms with E-state index in [1.54, 1.807) is 34.1 Å². The van der Waals surface area contributed by atoms with Gasteiger partial charge in [0, 0.05) is 31.1 Å². The van der Waals surface area contributed by atoms with Crippen molar-refractivity contribution in [2.24, 2.45) is 0 Å². The zero-order valence-electron chi connectivity index (χ0n) is 20.6. The summed E-state index contributed by atoms with van der Waals surface area (Å²) in [5.41, 5.74) is 4.32. The highest BCUT2D eigenvalue weighted by Gasteiger charge is 2.23. The second-order valence-electron chi connectivity index (χ2n) is 9.24. The number of hydrogen-bond donors (Lipinski definition) is 0. The Morgan fingerprint density at radius 3 is 2.53 bits per heavy atom. The first kappa shape index (κ1) is 23.7. The van der Waals surface area contributed by atoms with Crippen molar-refractivity contribution >= 4 is 11.6 Å². The summed E-state index contributed by atoms with van der Waals surface area (Å²) >= 11 is 0. The summed E-state index contributed by atoms with van der Waals surface area (Å²) in [5.74, 6) is 1.44. The average molecular weight is 486 g/mol. The molecule has 0 aliphatic carbocycles. The molecule has 2 aromatic heterocycles. The van der Waals surface area contributed by atoms with Crippen molar-refractivity contribution in [3.8, 4) is 22.8 Å². The van der Waals surface area contributed by atoms with Crippen molar-refractivity contribution in [1.82, 2.24) is 19.7 Å². The topological polar surface area (TPSA) is 73.1 Å². The van der Waals surface area contributed by atoms with Crippen molar-refractivity contribution in [3.05, 3.63) is 83.7 Å². The summed E-state index contributed by atoms with van der Waals surface area (Å²) in [7, 11) is 1.44. The minimum Gasteiger partial charge on any atom is -0.494 e. The fourth-order valence-electron chi connectivity index (χ4n) is 4.42. The summed E-state index contributed by atoms with van der Waals surface area (Å²) in [6, 6.07) is 15.0. The minimum atomic E-state index is -0.425. The number of amides is 1. The van der Waals surface area contributed by atoms with Gasteiger partial charge in [-0.25, -0.2) is 14.1 Å². The molecule has 0 bridgehead atoms. The molecule has 0 atom stereocenters. The van der Waals surface area contributed by atoms with E-state index in [0.717, 1.165) is 28.9 Å². The van der Waals surface area contributed by atoms with Gasteiger partial charge in [0.2, 0.25) is 5.91 Å². The lowest BCUT2D eigenvalue weighted by Crippen LogP contribution is -2.23. The Labute approximate surface area is 209 Å². The third-order valence-electron chi connectivity index (χ3n) is 6.40. The number of hydrogen-bond acceptors (Lipinski definition) is 5. The molecule has 0 radical (unpaired) electrons. The molecule has 3 heterocycles. The molecule has 1 fully saturated rings. The Hall–Kier alpha value is -4.07. The van der Waals surface area contributed by atoms with Crippen molar-refractivity contribution in [2.45, 2.75) is 39.0 Å². The smallest absolute Gasteiger partial charge is 0.227 e. The Kier molecular flexibility index (Phi) is 6.50. The van der Waals surface area contributed by atoms with Crippen molar-refractivity contribution in [3.63, 3.8) is 0 Å². The highest BCUT2D eigenvalue weighted by atomic mass is 19.1. The number of nitrogens with zero attached hydrogens (tertiary/aromatic N) is 5. The van der Waals surface area contributed by atoms with Crippen LogP contribution in [-0.4, -0.2) is 39.3 Å². The third kappa shape index (κ3) is 4.71. The van der Waals surface area contributed by atoms with Crippen LogP contribution in [0.5, 0.6) is 5.75 Å². The van der Waals surface area contributed by atoms with Gasteiger partial charge in [-0.1, -0.05) is 32.0 Å². The number of aromatic nitrogens is 4. The van der Waals surface area contributed by atoms with Gasteiger partial charge in [-0.2, -0.15) is 5.10 Å². The van der Waals surface area contributed by atoms with Gasteiger partial charge in [0.25, 0.3) is 0 Å². The summed E-state index contributed by atoms with van der Waals surface area (Å²) in [4.78, 5) is 23.3. The van der Waals surface area contributed by atoms with E-state index in [-0.39, 0.29) is 11.7 Å². The SMILES string of the molecule is COc1ccc(Cc2nc(-c3cncc(N4CCCC4=O)c3)n(-c3ccc(C(C)C)cc3)n2)cc1F. The van der Waals surface area contributed by atoms with E-state index < -0.39 is 5.82 Å². The Balaban J connectivity index is 1.56. The van der Waals surface area contributed by atoms with Gasteiger partial charge >= 0.3 is 0 Å². The van der Waals surface area contributed by atoms with E-state index >= 15 is 0 Å². The first-order chi connectivity index (χ1) is 17.4. The maximum Gasteiger partial charge on any atom is 0.227 e. The molecule has 4 aromatic rings. The molecule has 184 valence electrons. The van der Waals surface area contributed by atoms with E-state index in [2.05, 4.69) is 31.0 Å². The maximum atomic E-state index is 14.3.